The predicted molar refractivity (Wildman–Crippen MR) is 98.8 cm³/mol. The van der Waals surface area contributed by atoms with Crippen LogP contribution < -0.4 is 5.32 Å². The largest absolute Gasteiger partial charge is 0.332 e. The molecule has 0 bridgehead atoms. The van der Waals surface area contributed by atoms with E-state index in [-0.39, 0.29) is 11.7 Å². The van der Waals surface area contributed by atoms with Gasteiger partial charge in [-0.1, -0.05) is 48.2 Å². The highest BCUT2D eigenvalue weighted by Crippen LogP contribution is 2.26. The Kier molecular flexibility index (Phi) is 6.05. The molecule has 3 aromatic rings. The number of rotatable bonds is 8. The molecule has 2 N–H and O–H groups in total. The Morgan fingerprint density at radius 2 is 2.29 bits per heavy atom. The lowest BCUT2D eigenvalue weighted by molar-refractivity contribution is -0.113. The molecule has 0 radical (unpaired) electrons. The van der Waals surface area contributed by atoms with Gasteiger partial charge >= 0.3 is 0 Å². The van der Waals surface area contributed by atoms with Gasteiger partial charge in [0.15, 0.2) is 15.1 Å². The van der Waals surface area contributed by atoms with Crippen LogP contribution in [-0.2, 0) is 4.79 Å². The number of aromatic nitrogens is 5. The fraction of sp³-hybridized carbons (Fsp3) is 0.357. The number of pyridine rings is 1. The van der Waals surface area contributed by atoms with Gasteiger partial charge in [0, 0.05) is 11.9 Å². The first-order valence-electron chi connectivity index (χ1n) is 7.44. The third-order valence-electron chi connectivity index (χ3n) is 2.95. The zero-order valence-electron chi connectivity index (χ0n) is 13.0. The molecule has 10 heteroatoms. The van der Waals surface area contributed by atoms with E-state index in [2.05, 4.69) is 37.4 Å². The Labute approximate surface area is 151 Å². The molecule has 0 unspecified atom stereocenters. The zero-order chi connectivity index (χ0) is 16.8. The molecular formula is C14H16N6OS3. The summed E-state index contributed by atoms with van der Waals surface area (Å²) in [5, 5.41) is 12.0. The Morgan fingerprint density at radius 3 is 3.12 bits per heavy atom. The van der Waals surface area contributed by atoms with Crippen molar-refractivity contribution in [2.24, 2.45) is 0 Å². The molecule has 0 saturated carbocycles. The van der Waals surface area contributed by atoms with Gasteiger partial charge in [-0.3, -0.25) is 10.1 Å². The van der Waals surface area contributed by atoms with E-state index in [9.17, 15) is 4.79 Å². The average molecular weight is 381 g/mol. The summed E-state index contributed by atoms with van der Waals surface area (Å²) in [4.78, 5) is 23.6. The van der Waals surface area contributed by atoms with Crippen molar-refractivity contribution in [1.82, 2.24) is 25.1 Å². The molecule has 0 aliphatic carbocycles. The Balaban J connectivity index is 1.48. The van der Waals surface area contributed by atoms with E-state index in [1.807, 2.05) is 12.1 Å². The second-order valence-electron chi connectivity index (χ2n) is 4.83. The summed E-state index contributed by atoms with van der Waals surface area (Å²) in [6, 6.07) is 3.74. The monoisotopic (exact) mass is 380 g/mol. The van der Waals surface area contributed by atoms with Gasteiger partial charge in [-0.25, -0.2) is 9.97 Å². The van der Waals surface area contributed by atoms with Gasteiger partial charge in [0.1, 0.15) is 0 Å². The number of hydrogen-bond acceptors (Lipinski definition) is 8. The minimum Gasteiger partial charge on any atom is -0.332 e. The Hall–Kier alpha value is -1.65. The number of amides is 1. The Morgan fingerprint density at radius 1 is 1.38 bits per heavy atom. The number of carbonyl (C=O) groups is 1. The van der Waals surface area contributed by atoms with Crippen molar-refractivity contribution < 1.29 is 4.79 Å². The molecule has 0 aliphatic rings. The van der Waals surface area contributed by atoms with Crippen LogP contribution in [0.1, 0.15) is 19.8 Å². The third-order valence-corrected chi connectivity index (χ3v) is 5.88. The number of hydrogen-bond donors (Lipinski definition) is 2. The van der Waals surface area contributed by atoms with Crippen LogP contribution in [0.25, 0.3) is 11.2 Å². The highest BCUT2D eigenvalue weighted by atomic mass is 32.2. The molecule has 0 aromatic carbocycles. The first-order chi connectivity index (χ1) is 11.7. The first kappa shape index (κ1) is 17.2. The summed E-state index contributed by atoms with van der Waals surface area (Å²) in [5.41, 5.74) is 1.51. The quantitative estimate of drug-likeness (QED) is 0.351. The standard InChI is InChI=1S/C14H16N6OS3/c1-2-3-7-22-14-20-19-13(24-14)17-10(21)8-23-12-16-9-5-4-6-15-11(9)18-12/h4-6H,2-3,7-8H2,1H3,(H,15,16,18)(H,17,19,21). The summed E-state index contributed by atoms with van der Waals surface area (Å²) in [5.74, 6) is 1.14. The number of anilines is 1. The first-order valence-corrected chi connectivity index (χ1v) is 10.2. The average Bonchev–Trinajstić information content (AvgIpc) is 3.19. The van der Waals surface area contributed by atoms with Gasteiger partial charge in [0.2, 0.25) is 11.0 Å². The van der Waals surface area contributed by atoms with Crippen molar-refractivity contribution in [2.75, 3.05) is 16.8 Å². The number of carbonyl (C=O) groups excluding carboxylic acids is 1. The van der Waals surface area contributed by atoms with E-state index in [0.717, 1.165) is 28.5 Å². The predicted octanol–water partition coefficient (Wildman–Crippen LogP) is 3.43. The van der Waals surface area contributed by atoms with Crippen LogP contribution >= 0.6 is 34.9 Å². The molecule has 24 heavy (non-hydrogen) atoms. The fourth-order valence-corrected chi connectivity index (χ4v) is 4.40. The molecule has 1 amide bonds. The van der Waals surface area contributed by atoms with Crippen molar-refractivity contribution >= 4 is 57.1 Å². The number of fused-ring (bicyclic) bond motifs is 1. The SMILES string of the molecule is CCCCSc1nnc(NC(=O)CSc2nc3ncccc3[nH]2)s1. The lowest BCUT2D eigenvalue weighted by Crippen LogP contribution is -2.13. The number of nitrogens with one attached hydrogen (secondary N) is 2. The van der Waals surface area contributed by atoms with E-state index in [1.165, 1.54) is 23.1 Å². The van der Waals surface area contributed by atoms with Crippen LogP contribution in [0, 0.1) is 0 Å². The molecule has 7 nitrogen and oxygen atoms in total. The summed E-state index contributed by atoms with van der Waals surface area (Å²) < 4.78 is 0.884. The second-order valence-corrected chi connectivity index (χ2v) is 8.11. The van der Waals surface area contributed by atoms with E-state index in [0.29, 0.717) is 15.9 Å². The molecule has 3 rings (SSSR count). The van der Waals surface area contributed by atoms with Crippen LogP contribution in [0.15, 0.2) is 27.8 Å². The number of thioether (sulfide) groups is 2. The van der Waals surface area contributed by atoms with Crippen molar-refractivity contribution in [3.05, 3.63) is 18.3 Å². The minimum atomic E-state index is -0.130. The Bertz CT molecular complexity index is 785. The van der Waals surface area contributed by atoms with E-state index >= 15 is 0 Å². The van der Waals surface area contributed by atoms with Crippen LogP contribution in [0.4, 0.5) is 5.13 Å². The summed E-state index contributed by atoms with van der Waals surface area (Å²) in [7, 11) is 0. The highest BCUT2D eigenvalue weighted by Gasteiger charge is 2.11. The molecule has 0 fully saturated rings. The van der Waals surface area contributed by atoms with Gasteiger partial charge < -0.3 is 4.98 Å². The summed E-state index contributed by atoms with van der Waals surface area (Å²) in [6.45, 7) is 2.15. The molecule has 126 valence electrons. The topological polar surface area (TPSA) is 96.5 Å². The normalized spacial score (nSPS) is 11.0. The van der Waals surface area contributed by atoms with Crippen LogP contribution in [0.5, 0.6) is 0 Å². The highest BCUT2D eigenvalue weighted by molar-refractivity contribution is 8.01. The van der Waals surface area contributed by atoms with Crippen molar-refractivity contribution in [3.63, 3.8) is 0 Å². The van der Waals surface area contributed by atoms with Gasteiger partial charge in [-0.2, -0.15) is 0 Å². The number of aromatic amines is 1. The van der Waals surface area contributed by atoms with Gasteiger partial charge in [0.25, 0.3) is 0 Å². The molecule has 0 spiro atoms. The van der Waals surface area contributed by atoms with Gasteiger partial charge in [-0.05, 0) is 18.6 Å². The molecule has 0 saturated heterocycles. The van der Waals surface area contributed by atoms with Crippen molar-refractivity contribution in [2.45, 2.75) is 29.3 Å². The maximum absolute atomic E-state index is 12.0. The third kappa shape index (κ3) is 4.68. The number of unbranched alkanes of at least 4 members (excludes halogenated alkanes) is 1. The van der Waals surface area contributed by atoms with Crippen molar-refractivity contribution in [3.8, 4) is 0 Å². The second kappa shape index (κ2) is 8.45. The number of H-pyrrole nitrogens is 1. The van der Waals surface area contributed by atoms with Crippen LogP contribution in [0.2, 0.25) is 0 Å². The van der Waals surface area contributed by atoms with E-state index in [4.69, 9.17) is 0 Å². The lowest BCUT2D eigenvalue weighted by Gasteiger charge is -1.98. The smallest absolute Gasteiger partial charge is 0.236 e. The van der Waals surface area contributed by atoms with Gasteiger partial charge in [-0.15, -0.1) is 10.2 Å². The van der Waals surface area contributed by atoms with Crippen LogP contribution in [0.3, 0.4) is 0 Å². The summed E-state index contributed by atoms with van der Waals surface area (Å²) in [6.07, 6.45) is 3.99. The minimum absolute atomic E-state index is 0.130. The van der Waals surface area contributed by atoms with E-state index < -0.39 is 0 Å². The number of nitrogens with zero attached hydrogens (tertiary/aromatic N) is 4. The van der Waals surface area contributed by atoms with Gasteiger partial charge in [0.05, 0.1) is 11.3 Å². The molecule has 0 aliphatic heterocycles. The molecule has 0 atom stereocenters. The maximum Gasteiger partial charge on any atom is 0.236 e. The van der Waals surface area contributed by atoms with Crippen molar-refractivity contribution in [1.29, 1.82) is 0 Å². The molecular weight excluding hydrogens is 364 g/mol. The summed E-state index contributed by atoms with van der Waals surface area (Å²) >= 11 is 4.40. The maximum atomic E-state index is 12.0. The fourth-order valence-electron chi connectivity index (χ4n) is 1.80. The van der Waals surface area contributed by atoms with Crippen LogP contribution in [-0.4, -0.2) is 42.6 Å². The number of imidazole rings is 1. The zero-order valence-corrected chi connectivity index (χ0v) is 15.4. The molecule has 3 heterocycles. The lowest BCUT2D eigenvalue weighted by atomic mass is 10.4. The van der Waals surface area contributed by atoms with E-state index in [1.54, 1.807) is 18.0 Å². The molecule has 3 aromatic heterocycles.